The van der Waals surface area contributed by atoms with E-state index >= 15 is 0 Å². The third-order valence-electron chi connectivity index (χ3n) is 3.28. The van der Waals surface area contributed by atoms with Gasteiger partial charge >= 0.3 is 0 Å². The average molecular weight is 320 g/mol. The first-order chi connectivity index (χ1) is 9.24. The van der Waals surface area contributed by atoms with Crippen molar-refractivity contribution in [1.29, 1.82) is 0 Å². The van der Waals surface area contributed by atoms with Gasteiger partial charge in [-0.3, -0.25) is 4.79 Å². The molecule has 4 nitrogen and oxygen atoms in total. The fraction of sp³-hybridized carbons (Fsp3) is 0.286. The van der Waals surface area contributed by atoms with Crippen LogP contribution in [-0.4, -0.2) is 16.5 Å². The molecule has 0 spiro atoms. The van der Waals surface area contributed by atoms with Crippen LogP contribution in [0.5, 0.6) is 0 Å². The molecule has 1 aliphatic rings. The van der Waals surface area contributed by atoms with Crippen LogP contribution in [-0.2, 0) is 12.8 Å². The number of hydrogen-bond donors (Lipinski definition) is 2. The van der Waals surface area contributed by atoms with Gasteiger partial charge in [-0.25, -0.2) is 4.98 Å². The second-order valence-electron chi connectivity index (χ2n) is 4.64. The summed E-state index contributed by atoms with van der Waals surface area (Å²) in [6, 6.07) is 7.97. The van der Waals surface area contributed by atoms with E-state index in [4.69, 9.17) is 0 Å². The number of anilines is 1. The molecule has 0 unspecified atom stereocenters. The first-order valence-electron chi connectivity index (χ1n) is 6.33. The Labute approximate surface area is 119 Å². The van der Waals surface area contributed by atoms with E-state index in [1.54, 1.807) is 0 Å². The molecule has 3 rings (SSSR count). The van der Waals surface area contributed by atoms with E-state index in [2.05, 4.69) is 31.2 Å². The van der Waals surface area contributed by atoms with Crippen molar-refractivity contribution in [2.24, 2.45) is 0 Å². The van der Waals surface area contributed by atoms with Crippen molar-refractivity contribution in [2.75, 3.05) is 11.9 Å². The first kappa shape index (κ1) is 12.4. The molecule has 5 heteroatoms. The van der Waals surface area contributed by atoms with E-state index in [-0.39, 0.29) is 5.56 Å². The van der Waals surface area contributed by atoms with Crippen molar-refractivity contribution in [3.05, 3.63) is 56.0 Å². The van der Waals surface area contributed by atoms with Crippen LogP contribution in [0.25, 0.3) is 0 Å². The lowest BCUT2D eigenvalue weighted by atomic mass is 10.1. The summed E-state index contributed by atoms with van der Waals surface area (Å²) in [6.45, 7) is 0.887. The number of rotatable bonds is 2. The minimum absolute atomic E-state index is 0.0146. The normalized spacial score (nSPS) is 13.7. The largest absolute Gasteiger partial charge is 0.370 e. The highest BCUT2D eigenvalue weighted by molar-refractivity contribution is 9.10. The quantitative estimate of drug-likeness (QED) is 0.894. The van der Waals surface area contributed by atoms with E-state index in [1.165, 1.54) is 0 Å². The highest BCUT2D eigenvalue weighted by atomic mass is 79.9. The molecule has 0 aliphatic carbocycles. The lowest BCUT2D eigenvalue weighted by Gasteiger charge is -2.16. The minimum atomic E-state index is -0.0146. The number of hydrogen-bond acceptors (Lipinski definition) is 3. The third kappa shape index (κ3) is 2.56. The summed E-state index contributed by atoms with van der Waals surface area (Å²) in [4.78, 5) is 19.4. The Morgan fingerprint density at radius 2 is 2.16 bits per heavy atom. The molecule has 0 bridgehead atoms. The van der Waals surface area contributed by atoms with Crippen LogP contribution in [0, 0.1) is 0 Å². The maximum Gasteiger partial charge on any atom is 0.256 e. The van der Waals surface area contributed by atoms with Crippen LogP contribution in [0.2, 0.25) is 0 Å². The van der Waals surface area contributed by atoms with Gasteiger partial charge in [0, 0.05) is 17.4 Å². The highest BCUT2D eigenvalue weighted by Crippen LogP contribution is 2.20. The van der Waals surface area contributed by atoms with E-state index in [0.717, 1.165) is 40.8 Å². The van der Waals surface area contributed by atoms with Gasteiger partial charge < -0.3 is 10.3 Å². The number of nitrogens with one attached hydrogen (secondary N) is 2. The fourth-order valence-corrected chi connectivity index (χ4v) is 2.73. The monoisotopic (exact) mass is 319 g/mol. The molecular formula is C14H14BrN3O. The summed E-state index contributed by atoms with van der Waals surface area (Å²) in [5.41, 5.74) is 1.88. The van der Waals surface area contributed by atoms with Gasteiger partial charge in [-0.15, -0.1) is 0 Å². The molecule has 0 radical (unpaired) electrons. The first-order valence-corrected chi connectivity index (χ1v) is 7.12. The van der Waals surface area contributed by atoms with E-state index in [1.807, 2.05) is 24.3 Å². The Balaban J connectivity index is 1.96. The molecule has 2 aromatic rings. The van der Waals surface area contributed by atoms with E-state index in [9.17, 15) is 4.79 Å². The zero-order valence-corrected chi connectivity index (χ0v) is 12.0. The Morgan fingerprint density at radius 3 is 3.00 bits per heavy atom. The Kier molecular flexibility index (Phi) is 3.38. The number of aromatic amines is 1. The number of halogens is 1. The van der Waals surface area contributed by atoms with Crippen LogP contribution < -0.4 is 10.9 Å². The van der Waals surface area contributed by atoms with Gasteiger partial charge in [0.2, 0.25) is 0 Å². The predicted octanol–water partition coefficient (Wildman–Crippen LogP) is 2.48. The molecular weight excluding hydrogens is 306 g/mol. The van der Waals surface area contributed by atoms with Crippen molar-refractivity contribution < 1.29 is 0 Å². The van der Waals surface area contributed by atoms with Gasteiger partial charge in [0.25, 0.3) is 5.56 Å². The molecule has 0 saturated heterocycles. The van der Waals surface area contributed by atoms with Gasteiger partial charge in [-0.1, -0.05) is 34.1 Å². The molecule has 0 fully saturated rings. The molecule has 19 heavy (non-hydrogen) atoms. The van der Waals surface area contributed by atoms with Crippen molar-refractivity contribution in [2.45, 2.75) is 19.3 Å². The summed E-state index contributed by atoms with van der Waals surface area (Å²) < 4.78 is 1.03. The number of benzene rings is 1. The Bertz CT molecular complexity index is 666. The smallest absolute Gasteiger partial charge is 0.256 e. The fourth-order valence-electron chi connectivity index (χ4n) is 2.30. The summed E-state index contributed by atoms with van der Waals surface area (Å²) >= 11 is 3.51. The maximum absolute atomic E-state index is 12.0. The SMILES string of the molecule is O=c1[nH]c(Cc2ccccc2Br)nc2c1CCCN2. The Hall–Kier alpha value is -1.62. The predicted molar refractivity (Wildman–Crippen MR) is 78.6 cm³/mol. The average Bonchev–Trinajstić information content (AvgIpc) is 2.42. The summed E-state index contributed by atoms with van der Waals surface area (Å²) in [5, 5.41) is 3.20. The van der Waals surface area contributed by atoms with Crippen molar-refractivity contribution in [1.82, 2.24) is 9.97 Å². The Morgan fingerprint density at radius 1 is 1.32 bits per heavy atom. The number of nitrogens with zero attached hydrogens (tertiary/aromatic N) is 1. The van der Waals surface area contributed by atoms with Gasteiger partial charge in [0.1, 0.15) is 11.6 Å². The van der Waals surface area contributed by atoms with Gasteiger partial charge in [0.05, 0.1) is 5.56 Å². The molecule has 0 atom stereocenters. The van der Waals surface area contributed by atoms with Crippen LogP contribution >= 0.6 is 15.9 Å². The summed E-state index contributed by atoms with van der Waals surface area (Å²) in [5.74, 6) is 1.45. The van der Waals surface area contributed by atoms with Crippen molar-refractivity contribution in [3.63, 3.8) is 0 Å². The molecule has 0 amide bonds. The molecule has 1 aromatic heterocycles. The summed E-state index contributed by atoms with van der Waals surface area (Å²) in [6.07, 6.45) is 2.41. The summed E-state index contributed by atoms with van der Waals surface area (Å²) in [7, 11) is 0. The second kappa shape index (κ2) is 5.17. The van der Waals surface area contributed by atoms with Gasteiger partial charge in [0.15, 0.2) is 0 Å². The standard InChI is InChI=1S/C14H14BrN3O/c15-11-6-2-1-4-9(11)8-12-17-13-10(14(19)18-12)5-3-7-16-13/h1-2,4,6H,3,5,7-8H2,(H2,16,17,18,19). The zero-order chi connectivity index (χ0) is 13.2. The van der Waals surface area contributed by atoms with Crippen LogP contribution in [0.3, 0.4) is 0 Å². The lowest BCUT2D eigenvalue weighted by molar-refractivity contribution is 0.783. The molecule has 1 aromatic carbocycles. The van der Waals surface area contributed by atoms with Crippen LogP contribution in [0.15, 0.2) is 33.5 Å². The number of H-pyrrole nitrogens is 1. The zero-order valence-electron chi connectivity index (χ0n) is 10.4. The second-order valence-corrected chi connectivity index (χ2v) is 5.49. The van der Waals surface area contributed by atoms with Crippen LogP contribution in [0.4, 0.5) is 5.82 Å². The molecule has 98 valence electrons. The number of aromatic nitrogens is 2. The third-order valence-corrected chi connectivity index (χ3v) is 4.05. The molecule has 1 aliphatic heterocycles. The molecule has 0 saturated carbocycles. The lowest BCUT2D eigenvalue weighted by Crippen LogP contribution is -2.25. The van der Waals surface area contributed by atoms with Crippen molar-refractivity contribution >= 4 is 21.7 Å². The van der Waals surface area contributed by atoms with Gasteiger partial charge in [-0.05, 0) is 24.5 Å². The van der Waals surface area contributed by atoms with Crippen molar-refractivity contribution in [3.8, 4) is 0 Å². The van der Waals surface area contributed by atoms with E-state index < -0.39 is 0 Å². The molecule has 2 N–H and O–H groups in total. The minimum Gasteiger partial charge on any atom is -0.370 e. The topological polar surface area (TPSA) is 57.8 Å². The molecule has 2 heterocycles. The van der Waals surface area contributed by atoms with Gasteiger partial charge in [-0.2, -0.15) is 0 Å². The highest BCUT2D eigenvalue weighted by Gasteiger charge is 2.15. The van der Waals surface area contributed by atoms with E-state index in [0.29, 0.717) is 12.2 Å². The maximum atomic E-state index is 12.0. The number of fused-ring (bicyclic) bond motifs is 1. The van der Waals surface area contributed by atoms with Crippen LogP contribution in [0.1, 0.15) is 23.4 Å².